The summed E-state index contributed by atoms with van der Waals surface area (Å²) in [5.41, 5.74) is 8.17. The Labute approximate surface area is 588 Å². The zero-order chi connectivity index (χ0) is 68.8. The molecule has 7 heterocycles. The molecule has 7 aliphatic carbocycles. The van der Waals surface area contributed by atoms with Gasteiger partial charge < -0.3 is 0 Å². The average Bonchev–Trinajstić information content (AvgIpc) is 1.10. The smallest absolute Gasteiger partial charge is 0.0125 e. The molecule has 7 aliphatic heterocycles. The molecule has 7 spiro atoms. The normalized spacial score (nSPS) is 28.7. The van der Waals surface area contributed by atoms with Gasteiger partial charge in [0.1, 0.15) is 0 Å². The van der Waals surface area contributed by atoms with Gasteiger partial charge in [-0.1, -0.05) is 64.2 Å². The Bertz CT molecular complexity index is 2170. The number of likely N-dealkylation sites (tertiary alicyclic amines) is 7. The molecule has 14 rings (SSSR count). The summed E-state index contributed by atoms with van der Waals surface area (Å²) in [6, 6.07) is 0. The van der Waals surface area contributed by atoms with Crippen molar-refractivity contribution in [3.8, 4) is 0 Å². The van der Waals surface area contributed by atoms with Crippen molar-refractivity contribution in [3.63, 3.8) is 0 Å². The molecule has 0 atom stereocenters. The predicted octanol–water partition coefficient (Wildman–Crippen LogP) is 22.5. The fourth-order valence-electron chi connectivity index (χ4n) is 20.6. The zero-order valence-corrected chi connectivity index (χ0v) is 67.9. The maximum Gasteiger partial charge on any atom is 0.0125 e. The average molecular weight is 1310 g/mol. The summed E-state index contributed by atoms with van der Waals surface area (Å²) >= 11 is 0. The van der Waals surface area contributed by atoms with Crippen LogP contribution in [0, 0.1) is 37.9 Å². The summed E-state index contributed by atoms with van der Waals surface area (Å²) in [6.45, 7) is 68.1. The molecule has 14 fully saturated rings. The fraction of sp³-hybridized carbons (Fsp3) is 1.00. The summed E-state index contributed by atoms with van der Waals surface area (Å²) < 4.78 is 0. The van der Waals surface area contributed by atoms with Gasteiger partial charge in [0.05, 0.1) is 0 Å². The lowest BCUT2D eigenvalue weighted by molar-refractivity contribution is -0.0203. The lowest BCUT2D eigenvalue weighted by Crippen LogP contribution is -2.53. The first-order chi connectivity index (χ1) is 43.6. The molecular formula is C87H167N7. The Morgan fingerprint density at radius 2 is 0.298 bits per heavy atom. The molecule has 0 unspecified atom stereocenters. The first kappa shape index (κ1) is 79.4. The Kier molecular flexibility index (Phi) is 26.8. The van der Waals surface area contributed by atoms with Crippen molar-refractivity contribution in [2.45, 2.75) is 428 Å². The first-order valence-corrected chi connectivity index (χ1v) is 41.9. The molecule has 0 N–H and O–H groups in total. The van der Waals surface area contributed by atoms with Crippen LogP contribution in [0.1, 0.15) is 389 Å². The monoisotopic (exact) mass is 1310 g/mol. The SMILES string of the molecule is CC(C)(C)N1CCC2(CC1)CC2.CC(C)(C)N1CCC2(CCC2)CC1.CC(C)(C)N1CCC2(CCCC2)CC1.CC(C)(C)N1CCC2(CCCCC2)CC1.CC(C)(C)N1CCCC2(CC2)C1.CC(C)(C)N1CCCC2(CCC2)C1.CC(C)(C)N1CCCC2(CCCCC2)C1. The summed E-state index contributed by atoms with van der Waals surface area (Å²) in [5, 5.41) is 0. The first-order valence-electron chi connectivity index (χ1n) is 41.9. The summed E-state index contributed by atoms with van der Waals surface area (Å²) in [4.78, 5) is 18.7. The van der Waals surface area contributed by atoms with E-state index in [0.717, 1.165) is 32.5 Å². The molecule has 7 nitrogen and oxygen atoms in total. The minimum atomic E-state index is 0.380. The van der Waals surface area contributed by atoms with E-state index < -0.39 is 0 Å². The van der Waals surface area contributed by atoms with Crippen LogP contribution in [0.25, 0.3) is 0 Å². The van der Waals surface area contributed by atoms with Crippen molar-refractivity contribution in [2.75, 3.05) is 91.6 Å². The van der Waals surface area contributed by atoms with Crippen LogP contribution < -0.4 is 0 Å². The van der Waals surface area contributed by atoms with Crippen molar-refractivity contribution in [1.29, 1.82) is 0 Å². The fourth-order valence-corrected chi connectivity index (χ4v) is 20.6. The standard InChI is InChI=1S/2C14H27N.C13H25N.2C12H23N.2C11H21N/c1-13(2,3)15-11-7-10-14(12-15)8-5-4-6-9-14;1-13(2,3)15-11-9-14(10-12-15)7-5-4-6-8-14;1-12(2,3)14-10-8-13(9-11-14)6-4-5-7-13;1-11(2,3)13-9-5-8-12(10-13)6-4-7-12;1-11(2,3)13-9-7-12(8-10-13)5-4-6-12;1-10(2,3)12-8-6-11(4-5-11)7-9-12;1-10(2,3)12-8-4-5-11(9-12)6-7-11/h2*4-12H2,1-3H3;4-11H2,1-3H3;2*4-10H2,1-3H3;2*4-9H2,1-3H3. The van der Waals surface area contributed by atoms with Crippen LogP contribution >= 0.6 is 0 Å². The van der Waals surface area contributed by atoms with E-state index in [1.807, 2.05) is 0 Å². The number of rotatable bonds is 0. The summed E-state index contributed by atoms with van der Waals surface area (Å²) in [6.07, 6.45) is 56.5. The highest BCUT2D eigenvalue weighted by Gasteiger charge is 2.49. The van der Waals surface area contributed by atoms with Crippen LogP contribution in [0.5, 0.6) is 0 Å². The molecule has 0 bridgehead atoms. The second-order valence-electron chi connectivity index (χ2n) is 43.3. The molecule has 7 heteroatoms. The Balaban J connectivity index is 0.000000141. The van der Waals surface area contributed by atoms with Gasteiger partial charge >= 0.3 is 0 Å². The van der Waals surface area contributed by atoms with Crippen LogP contribution in [0.4, 0.5) is 0 Å². The summed E-state index contributed by atoms with van der Waals surface area (Å²) in [7, 11) is 0. The highest BCUT2D eigenvalue weighted by atomic mass is 15.2. The topological polar surface area (TPSA) is 22.7 Å². The van der Waals surface area contributed by atoms with Crippen LogP contribution in [0.3, 0.4) is 0 Å². The van der Waals surface area contributed by atoms with E-state index >= 15 is 0 Å². The molecule has 0 aromatic rings. The van der Waals surface area contributed by atoms with E-state index in [2.05, 4.69) is 180 Å². The lowest BCUT2D eigenvalue weighted by atomic mass is 9.63. The predicted molar refractivity (Wildman–Crippen MR) is 412 cm³/mol. The van der Waals surface area contributed by atoms with Crippen molar-refractivity contribution in [3.05, 3.63) is 0 Å². The van der Waals surface area contributed by atoms with Crippen molar-refractivity contribution in [2.24, 2.45) is 37.9 Å². The third-order valence-corrected chi connectivity index (χ3v) is 29.2. The molecule has 550 valence electrons. The molecule has 7 saturated heterocycles. The van der Waals surface area contributed by atoms with E-state index in [4.69, 9.17) is 0 Å². The van der Waals surface area contributed by atoms with Gasteiger partial charge in [-0.3, -0.25) is 34.3 Å². The second kappa shape index (κ2) is 31.8. The van der Waals surface area contributed by atoms with Crippen molar-refractivity contribution in [1.82, 2.24) is 34.3 Å². The number of nitrogens with zero attached hydrogens (tertiary/aromatic N) is 7. The molecule has 94 heavy (non-hydrogen) atoms. The van der Waals surface area contributed by atoms with Gasteiger partial charge in [0, 0.05) is 58.4 Å². The van der Waals surface area contributed by atoms with Crippen molar-refractivity contribution < 1.29 is 0 Å². The third-order valence-electron chi connectivity index (χ3n) is 29.2. The second-order valence-corrected chi connectivity index (χ2v) is 43.3. The zero-order valence-electron chi connectivity index (χ0n) is 67.9. The maximum atomic E-state index is 2.72. The van der Waals surface area contributed by atoms with Gasteiger partial charge in [-0.25, -0.2) is 0 Å². The van der Waals surface area contributed by atoms with Crippen molar-refractivity contribution >= 4 is 0 Å². The van der Waals surface area contributed by atoms with Gasteiger partial charge in [0.15, 0.2) is 0 Å². The quantitative estimate of drug-likeness (QED) is 0.238. The van der Waals surface area contributed by atoms with Gasteiger partial charge in [0.2, 0.25) is 0 Å². The molecule has 0 radical (unpaired) electrons. The molecule has 0 aromatic heterocycles. The largest absolute Gasteiger partial charge is 0.298 e. The summed E-state index contributed by atoms with van der Waals surface area (Å²) in [5.74, 6) is 0. The Hall–Kier alpha value is -0.280. The van der Waals surface area contributed by atoms with Gasteiger partial charge in [-0.05, 0) is 435 Å². The molecular weight excluding hydrogens is 1140 g/mol. The Morgan fingerprint density at radius 1 is 0.138 bits per heavy atom. The van der Waals surface area contributed by atoms with Gasteiger partial charge in [-0.2, -0.15) is 0 Å². The third kappa shape index (κ3) is 23.1. The highest BCUT2D eigenvalue weighted by molar-refractivity contribution is 5.03. The van der Waals surface area contributed by atoms with E-state index in [1.54, 1.807) is 0 Å². The van der Waals surface area contributed by atoms with Gasteiger partial charge in [-0.15, -0.1) is 0 Å². The molecule has 14 aliphatic rings. The number of hydrogen-bond acceptors (Lipinski definition) is 7. The lowest BCUT2D eigenvalue weighted by Gasteiger charge is -2.52. The van der Waals surface area contributed by atoms with Crippen LogP contribution in [0.2, 0.25) is 0 Å². The van der Waals surface area contributed by atoms with E-state index in [1.165, 1.54) is 336 Å². The number of hydrogen-bond donors (Lipinski definition) is 0. The van der Waals surface area contributed by atoms with E-state index in [0.29, 0.717) is 44.2 Å². The van der Waals surface area contributed by atoms with E-state index in [-0.39, 0.29) is 0 Å². The van der Waals surface area contributed by atoms with Crippen LogP contribution in [-0.4, -0.2) is 165 Å². The molecule has 0 aromatic carbocycles. The minimum absolute atomic E-state index is 0.380. The Morgan fingerprint density at radius 3 is 0.479 bits per heavy atom. The van der Waals surface area contributed by atoms with Crippen LogP contribution in [0.15, 0.2) is 0 Å². The molecule has 0 amide bonds. The van der Waals surface area contributed by atoms with E-state index in [9.17, 15) is 0 Å². The maximum absolute atomic E-state index is 2.72. The number of piperidine rings is 7. The van der Waals surface area contributed by atoms with Crippen LogP contribution in [-0.2, 0) is 0 Å². The van der Waals surface area contributed by atoms with Gasteiger partial charge in [0.25, 0.3) is 0 Å². The minimum Gasteiger partial charge on any atom is -0.298 e. The molecule has 7 saturated carbocycles. The highest BCUT2D eigenvalue weighted by Crippen LogP contribution is 2.56.